The number of hydrogen-bond acceptors (Lipinski definition) is 2. The van der Waals surface area contributed by atoms with Crippen molar-refractivity contribution in [1.82, 2.24) is 9.55 Å². The maximum Gasteiger partial charge on any atom is 0.125 e. The van der Waals surface area contributed by atoms with Crippen LogP contribution in [0.3, 0.4) is 0 Å². The number of fused-ring (bicyclic) bond motifs is 1. The quantitative estimate of drug-likeness (QED) is 0.769. The molecule has 1 aromatic rings. The highest BCUT2D eigenvalue weighted by atomic mass is 15.1. The van der Waals surface area contributed by atoms with Gasteiger partial charge in [-0.2, -0.15) is 0 Å². The molecule has 3 heteroatoms. The summed E-state index contributed by atoms with van der Waals surface area (Å²) in [5, 5.41) is 0. The van der Waals surface area contributed by atoms with Crippen LogP contribution in [0.25, 0.3) is 0 Å². The Kier molecular flexibility index (Phi) is 1.71. The van der Waals surface area contributed by atoms with Gasteiger partial charge in [-0.15, -0.1) is 0 Å². The van der Waals surface area contributed by atoms with E-state index in [1.54, 1.807) is 0 Å². The van der Waals surface area contributed by atoms with Crippen LogP contribution in [-0.4, -0.2) is 9.55 Å². The first-order valence-corrected chi connectivity index (χ1v) is 5.48. The molecule has 2 fully saturated rings. The Morgan fingerprint density at radius 2 is 2.14 bits per heavy atom. The van der Waals surface area contributed by atoms with Crippen molar-refractivity contribution in [2.45, 2.75) is 25.3 Å². The molecule has 0 bridgehead atoms. The lowest BCUT2D eigenvalue weighted by Crippen LogP contribution is -2.23. The second kappa shape index (κ2) is 2.83. The van der Waals surface area contributed by atoms with Crippen molar-refractivity contribution in [3.8, 4) is 0 Å². The molecule has 1 aromatic heterocycles. The summed E-state index contributed by atoms with van der Waals surface area (Å²) in [7, 11) is 2.03. The topological polar surface area (TPSA) is 43.8 Å². The first kappa shape index (κ1) is 8.48. The van der Waals surface area contributed by atoms with Gasteiger partial charge in [0, 0.05) is 19.4 Å². The molecule has 2 saturated carbocycles. The van der Waals surface area contributed by atoms with Gasteiger partial charge in [-0.05, 0) is 37.0 Å². The lowest BCUT2D eigenvalue weighted by Gasteiger charge is -2.19. The van der Waals surface area contributed by atoms with Crippen LogP contribution in [0.5, 0.6) is 0 Å². The molecular weight excluding hydrogens is 174 g/mol. The highest BCUT2D eigenvalue weighted by Gasteiger charge is 2.47. The van der Waals surface area contributed by atoms with E-state index in [1.165, 1.54) is 19.3 Å². The summed E-state index contributed by atoms with van der Waals surface area (Å²) < 4.78 is 2.05. The number of nitrogens with two attached hydrogens (primary N) is 1. The standard InChI is InChI=1S/C11H17N3/c1-14-3-2-13-11(14)10(12)9-5-7-4-8(7)6-9/h2-3,7-10H,4-6,12H2,1H3. The predicted molar refractivity (Wildman–Crippen MR) is 54.5 cm³/mol. The number of rotatable bonds is 2. The molecule has 0 aliphatic heterocycles. The summed E-state index contributed by atoms with van der Waals surface area (Å²) in [5.41, 5.74) is 6.24. The number of aryl methyl sites for hydroxylation is 1. The molecule has 0 spiro atoms. The van der Waals surface area contributed by atoms with Crippen LogP contribution in [0.4, 0.5) is 0 Å². The summed E-state index contributed by atoms with van der Waals surface area (Å²) in [6, 6.07) is 0.155. The normalized spacial score (nSPS) is 36.9. The minimum absolute atomic E-state index is 0.155. The van der Waals surface area contributed by atoms with E-state index in [4.69, 9.17) is 5.73 Å². The minimum atomic E-state index is 0.155. The second-order valence-corrected chi connectivity index (χ2v) is 4.91. The van der Waals surface area contributed by atoms with E-state index in [-0.39, 0.29) is 6.04 Å². The summed E-state index contributed by atoms with van der Waals surface area (Å²) in [5.74, 6) is 3.74. The van der Waals surface area contributed by atoms with E-state index in [0.717, 1.165) is 17.7 Å². The van der Waals surface area contributed by atoms with Gasteiger partial charge in [-0.3, -0.25) is 0 Å². The maximum atomic E-state index is 6.24. The average molecular weight is 191 g/mol. The number of imidazole rings is 1. The van der Waals surface area contributed by atoms with E-state index in [2.05, 4.69) is 9.55 Å². The van der Waals surface area contributed by atoms with Gasteiger partial charge in [0.15, 0.2) is 0 Å². The van der Waals surface area contributed by atoms with Crippen LogP contribution in [0.2, 0.25) is 0 Å². The fourth-order valence-electron chi connectivity index (χ4n) is 2.96. The Morgan fingerprint density at radius 1 is 1.43 bits per heavy atom. The Labute approximate surface area is 84.3 Å². The summed E-state index contributed by atoms with van der Waals surface area (Å²) in [6.07, 6.45) is 7.94. The van der Waals surface area contributed by atoms with Gasteiger partial charge >= 0.3 is 0 Å². The highest BCUT2D eigenvalue weighted by Crippen LogP contribution is 2.56. The molecule has 1 heterocycles. The Bertz CT molecular complexity index is 334. The molecule has 2 aliphatic rings. The van der Waals surface area contributed by atoms with Gasteiger partial charge in [0.05, 0.1) is 6.04 Å². The van der Waals surface area contributed by atoms with Crippen molar-refractivity contribution in [3.05, 3.63) is 18.2 Å². The maximum absolute atomic E-state index is 6.24. The van der Waals surface area contributed by atoms with E-state index in [9.17, 15) is 0 Å². The molecule has 3 atom stereocenters. The molecule has 14 heavy (non-hydrogen) atoms. The Balaban J connectivity index is 1.76. The van der Waals surface area contributed by atoms with Gasteiger partial charge in [0.1, 0.15) is 5.82 Å². The predicted octanol–water partition coefficient (Wildman–Crippen LogP) is 1.47. The molecular formula is C11H17N3. The molecule has 0 amide bonds. The summed E-state index contributed by atoms with van der Waals surface area (Å²) in [4.78, 5) is 4.34. The second-order valence-electron chi connectivity index (χ2n) is 4.91. The van der Waals surface area contributed by atoms with Crippen molar-refractivity contribution in [1.29, 1.82) is 0 Å². The Hall–Kier alpha value is -0.830. The van der Waals surface area contributed by atoms with Gasteiger partial charge < -0.3 is 10.3 Å². The first-order valence-electron chi connectivity index (χ1n) is 5.48. The van der Waals surface area contributed by atoms with Crippen molar-refractivity contribution >= 4 is 0 Å². The monoisotopic (exact) mass is 191 g/mol. The van der Waals surface area contributed by atoms with Gasteiger partial charge in [0.2, 0.25) is 0 Å². The average Bonchev–Trinajstić information content (AvgIpc) is 2.64. The SMILES string of the molecule is Cn1ccnc1C(N)C1CC2CC2C1. The van der Waals surface area contributed by atoms with E-state index in [1.807, 2.05) is 19.4 Å². The number of nitrogens with zero attached hydrogens (tertiary/aromatic N) is 2. The van der Waals surface area contributed by atoms with Crippen LogP contribution in [0, 0.1) is 17.8 Å². The molecule has 2 N–H and O–H groups in total. The lowest BCUT2D eigenvalue weighted by atomic mass is 9.94. The van der Waals surface area contributed by atoms with Crippen molar-refractivity contribution in [2.24, 2.45) is 30.5 Å². The molecule has 0 aromatic carbocycles. The number of aromatic nitrogens is 2. The Morgan fingerprint density at radius 3 is 2.71 bits per heavy atom. The molecule has 3 nitrogen and oxygen atoms in total. The van der Waals surface area contributed by atoms with Gasteiger partial charge in [-0.25, -0.2) is 4.98 Å². The van der Waals surface area contributed by atoms with Crippen LogP contribution in [-0.2, 0) is 7.05 Å². The zero-order chi connectivity index (χ0) is 9.71. The smallest absolute Gasteiger partial charge is 0.125 e. The largest absolute Gasteiger partial charge is 0.337 e. The number of hydrogen-bond donors (Lipinski definition) is 1. The van der Waals surface area contributed by atoms with E-state index < -0.39 is 0 Å². The first-order chi connectivity index (χ1) is 6.75. The van der Waals surface area contributed by atoms with Crippen molar-refractivity contribution in [3.63, 3.8) is 0 Å². The minimum Gasteiger partial charge on any atom is -0.337 e. The molecule has 0 radical (unpaired) electrons. The van der Waals surface area contributed by atoms with E-state index in [0.29, 0.717) is 5.92 Å². The third kappa shape index (κ3) is 1.19. The van der Waals surface area contributed by atoms with Gasteiger partial charge in [0.25, 0.3) is 0 Å². The molecule has 76 valence electrons. The van der Waals surface area contributed by atoms with Crippen LogP contribution < -0.4 is 5.73 Å². The molecule has 0 saturated heterocycles. The zero-order valence-corrected chi connectivity index (χ0v) is 8.56. The van der Waals surface area contributed by atoms with Crippen LogP contribution >= 0.6 is 0 Å². The fraction of sp³-hybridized carbons (Fsp3) is 0.727. The third-order valence-corrected chi connectivity index (χ3v) is 3.94. The zero-order valence-electron chi connectivity index (χ0n) is 8.56. The van der Waals surface area contributed by atoms with Crippen LogP contribution in [0.15, 0.2) is 12.4 Å². The van der Waals surface area contributed by atoms with Gasteiger partial charge in [-0.1, -0.05) is 0 Å². The third-order valence-electron chi connectivity index (χ3n) is 3.94. The summed E-state index contributed by atoms with van der Waals surface area (Å²) in [6.45, 7) is 0. The molecule has 3 unspecified atom stereocenters. The van der Waals surface area contributed by atoms with Crippen molar-refractivity contribution < 1.29 is 0 Å². The van der Waals surface area contributed by atoms with E-state index >= 15 is 0 Å². The highest BCUT2D eigenvalue weighted by molar-refractivity contribution is 5.05. The lowest BCUT2D eigenvalue weighted by molar-refractivity contribution is 0.384. The van der Waals surface area contributed by atoms with Crippen molar-refractivity contribution in [2.75, 3.05) is 0 Å². The molecule has 3 rings (SSSR count). The fourth-order valence-corrected chi connectivity index (χ4v) is 2.96. The molecule has 2 aliphatic carbocycles. The summed E-state index contributed by atoms with van der Waals surface area (Å²) >= 11 is 0. The van der Waals surface area contributed by atoms with Crippen LogP contribution in [0.1, 0.15) is 31.1 Å².